The minimum absolute atomic E-state index is 0.107. The standard InChI is InChI=1S/C13H28N2O3S/c1-6-15(7-2)12(16)8-9-14-10-11-19(17,18)13(3,4)5/h14H,6-11H2,1-5H3. The van der Waals surface area contributed by atoms with Crippen LogP contribution in [0.1, 0.15) is 41.0 Å². The van der Waals surface area contributed by atoms with Crippen LogP contribution in [0.25, 0.3) is 0 Å². The van der Waals surface area contributed by atoms with Crippen LogP contribution in [0.4, 0.5) is 0 Å². The van der Waals surface area contributed by atoms with E-state index >= 15 is 0 Å². The van der Waals surface area contributed by atoms with E-state index in [1.807, 2.05) is 13.8 Å². The van der Waals surface area contributed by atoms with Crippen molar-refractivity contribution in [3.63, 3.8) is 0 Å². The molecule has 0 spiro atoms. The molecule has 0 fully saturated rings. The molecule has 114 valence electrons. The number of sulfone groups is 1. The van der Waals surface area contributed by atoms with Gasteiger partial charge in [0.25, 0.3) is 0 Å². The summed E-state index contributed by atoms with van der Waals surface area (Å²) in [5.74, 6) is 0.215. The summed E-state index contributed by atoms with van der Waals surface area (Å²) in [6.45, 7) is 11.3. The van der Waals surface area contributed by atoms with Gasteiger partial charge in [0.2, 0.25) is 5.91 Å². The highest BCUT2D eigenvalue weighted by Gasteiger charge is 2.27. The molecule has 0 aromatic carbocycles. The van der Waals surface area contributed by atoms with E-state index in [9.17, 15) is 13.2 Å². The van der Waals surface area contributed by atoms with Crippen LogP contribution < -0.4 is 5.32 Å². The molecule has 0 aromatic heterocycles. The van der Waals surface area contributed by atoms with Crippen molar-refractivity contribution >= 4 is 15.7 Å². The summed E-state index contributed by atoms with van der Waals surface area (Å²) < 4.78 is 23.0. The first-order valence-electron chi connectivity index (χ1n) is 6.86. The summed E-state index contributed by atoms with van der Waals surface area (Å²) in [5, 5.41) is 3.02. The largest absolute Gasteiger partial charge is 0.343 e. The Bertz CT molecular complexity index is 368. The molecule has 0 aromatic rings. The topological polar surface area (TPSA) is 66.5 Å². The van der Waals surface area contributed by atoms with Crippen LogP contribution in [0.3, 0.4) is 0 Å². The van der Waals surface area contributed by atoms with E-state index in [4.69, 9.17) is 0 Å². The van der Waals surface area contributed by atoms with E-state index in [1.165, 1.54) is 0 Å². The molecular formula is C13H28N2O3S. The van der Waals surface area contributed by atoms with E-state index in [0.29, 0.717) is 32.6 Å². The van der Waals surface area contributed by atoms with Crippen molar-refractivity contribution < 1.29 is 13.2 Å². The van der Waals surface area contributed by atoms with Gasteiger partial charge in [-0.2, -0.15) is 0 Å². The number of hydrogen-bond acceptors (Lipinski definition) is 4. The third-order valence-corrected chi connectivity index (χ3v) is 5.72. The first-order valence-corrected chi connectivity index (χ1v) is 8.51. The molecule has 0 heterocycles. The fourth-order valence-corrected chi connectivity index (χ4v) is 2.59. The van der Waals surface area contributed by atoms with E-state index in [-0.39, 0.29) is 11.7 Å². The van der Waals surface area contributed by atoms with Crippen molar-refractivity contribution in [2.75, 3.05) is 31.9 Å². The molecule has 0 aliphatic carbocycles. The van der Waals surface area contributed by atoms with Gasteiger partial charge in [-0.1, -0.05) is 0 Å². The predicted octanol–water partition coefficient (Wildman–Crippen LogP) is 1.05. The highest BCUT2D eigenvalue weighted by molar-refractivity contribution is 7.92. The Morgan fingerprint density at radius 1 is 1.11 bits per heavy atom. The van der Waals surface area contributed by atoms with Gasteiger partial charge in [-0.05, 0) is 34.6 Å². The second-order valence-corrected chi connectivity index (χ2v) is 8.36. The van der Waals surface area contributed by atoms with Gasteiger partial charge in [-0.3, -0.25) is 4.79 Å². The molecule has 0 aliphatic rings. The average molecular weight is 292 g/mol. The number of nitrogens with zero attached hydrogens (tertiary/aromatic N) is 1. The van der Waals surface area contributed by atoms with E-state index in [0.717, 1.165) is 0 Å². The van der Waals surface area contributed by atoms with Gasteiger partial charge in [-0.25, -0.2) is 8.42 Å². The molecule has 6 heteroatoms. The SMILES string of the molecule is CCN(CC)C(=O)CCNCCS(=O)(=O)C(C)(C)C. The number of hydrogen-bond donors (Lipinski definition) is 1. The first kappa shape index (κ1) is 18.4. The number of rotatable bonds is 8. The summed E-state index contributed by atoms with van der Waals surface area (Å²) in [7, 11) is -3.08. The Morgan fingerprint density at radius 2 is 1.63 bits per heavy atom. The molecule has 0 unspecified atom stereocenters. The molecule has 0 rings (SSSR count). The second kappa shape index (κ2) is 7.85. The van der Waals surface area contributed by atoms with Gasteiger partial charge in [0.15, 0.2) is 9.84 Å². The summed E-state index contributed by atoms with van der Waals surface area (Å²) >= 11 is 0. The number of carbonyl (C=O) groups is 1. The van der Waals surface area contributed by atoms with Gasteiger partial charge in [-0.15, -0.1) is 0 Å². The van der Waals surface area contributed by atoms with Gasteiger partial charge in [0.1, 0.15) is 0 Å². The Balaban J connectivity index is 3.93. The van der Waals surface area contributed by atoms with Crippen LogP contribution in [0.5, 0.6) is 0 Å². The molecule has 1 amide bonds. The van der Waals surface area contributed by atoms with Crippen molar-refractivity contribution in [3.8, 4) is 0 Å². The van der Waals surface area contributed by atoms with E-state index in [2.05, 4.69) is 5.32 Å². The zero-order valence-corrected chi connectivity index (χ0v) is 13.6. The van der Waals surface area contributed by atoms with Gasteiger partial charge in [0, 0.05) is 32.6 Å². The highest BCUT2D eigenvalue weighted by Crippen LogP contribution is 2.15. The molecule has 0 radical (unpaired) electrons. The normalized spacial score (nSPS) is 12.5. The lowest BCUT2D eigenvalue weighted by Crippen LogP contribution is -2.36. The lowest BCUT2D eigenvalue weighted by atomic mass is 10.3. The summed E-state index contributed by atoms with van der Waals surface area (Å²) in [6.07, 6.45) is 0.414. The highest BCUT2D eigenvalue weighted by atomic mass is 32.2. The fraction of sp³-hybridized carbons (Fsp3) is 0.923. The lowest BCUT2D eigenvalue weighted by molar-refractivity contribution is -0.130. The van der Waals surface area contributed by atoms with Crippen LogP contribution >= 0.6 is 0 Å². The summed E-state index contributed by atoms with van der Waals surface area (Å²) in [4.78, 5) is 13.5. The van der Waals surface area contributed by atoms with Crippen molar-refractivity contribution in [2.24, 2.45) is 0 Å². The minimum Gasteiger partial charge on any atom is -0.343 e. The fourth-order valence-electron chi connectivity index (χ4n) is 1.57. The molecule has 0 saturated heterocycles. The lowest BCUT2D eigenvalue weighted by Gasteiger charge is -2.20. The van der Waals surface area contributed by atoms with Gasteiger partial charge in [0.05, 0.1) is 10.5 Å². The molecule has 19 heavy (non-hydrogen) atoms. The first-order chi connectivity index (χ1) is 8.65. The van der Waals surface area contributed by atoms with Crippen LogP contribution in [0.15, 0.2) is 0 Å². The van der Waals surface area contributed by atoms with E-state index in [1.54, 1.807) is 25.7 Å². The van der Waals surface area contributed by atoms with Crippen LogP contribution in [0.2, 0.25) is 0 Å². The quantitative estimate of drug-likeness (QED) is 0.679. The van der Waals surface area contributed by atoms with Crippen LogP contribution in [-0.4, -0.2) is 55.9 Å². The summed E-state index contributed by atoms with van der Waals surface area (Å²) in [6, 6.07) is 0. The maximum absolute atomic E-state index is 11.8. The Kier molecular flexibility index (Phi) is 7.59. The molecule has 0 aliphatic heterocycles. The molecule has 1 N–H and O–H groups in total. The average Bonchev–Trinajstić information content (AvgIpc) is 2.28. The van der Waals surface area contributed by atoms with Gasteiger partial charge >= 0.3 is 0 Å². The molecular weight excluding hydrogens is 264 g/mol. The molecule has 5 nitrogen and oxygen atoms in total. The van der Waals surface area contributed by atoms with E-state index < -0.39 is 14.6 Å². The molecule has 0 saturated carbocycles. The maximum atomic E-state index is 11.8. The van der Waals surface area contributed by atoms with Gasteiger partial charge < -0.3 is 10.2 Å². The third-order valence-electron chi connectivity index (χ3n) is 3.11. The second-order valence-electron chi connectivity index (χ2n) is 5.50. The number of nitrogens with one attached hydrogen (secondary N) is 1. The minimum atomic E-state index is -3.08. The Morgan fingerprint density at radius 3 is 2.05 bits per heavy atom. The zero-order chi connectivity index (χ0) is 15.1. The number of carbonyl (C=O) groups excluding carboxylic acids is 1. The summed E-state index contributed by atoms with van der Waals surface area (Å²) in [5.41, 5.74) is 0. The monoisotopic (exact) mass is 292 g/mol. The maximum Gasteiger partial charge on any atom is 0.223 e. The predicted molar refractivity (Wildman–Crippen MR) is 79.0 cm³/mol. The van der Waals surface area contributed by atoms with Crippen molar-refractivity contribution in [2.45, 2.75) is 45.8 Å². The number of amides is 1. The van der Waals surface area contributed by atoms with Crippen molar-refractivity contribution in [3.05, 3.63) is 0 Å². The third kappa shape index (κ3) is 6.38. The Labute approximate surface area is 117 Å². The van der Waals surface area contributed by atoms with Crippen molar-refractivity contribution in [1.29, 1.82) is 0 Å². The molecule has 0 atom stereocenters. The Hall–Kier alpha value is -0.620. The van der Waals surface area contributed by atoms with Crippen LogP contribution in [0, 0.1) is 0 Å². The zero-order valence-electron chi connectivity index (χ0n) is 12.8. The van der Waals surface area contributed by atoms with Crippen LogP contribution in [-0.2, 0) is 14.6 Å². The van der Waals surface area contributed by atoms with Crippen molar-refractivity contribution in [1.82, 2.24) is 10.2 Å². The smallest absolute Gasteiger partial charge is 0.223 e. The molecule has 0 bridgehead atoms.